The Bertz CT molecular complexity index is 2190. The van der Waals surface area contributed by atoms with E-state index in [4.69, 9.17) is 27.9 Å². The van der Waals surface area contributed by atoms with E-state index < -0.39 is 23.0 Å². The van der Waals surface area contributed by atoms with Crippen LogP contribution in [-0.2, 0) is 27.2 Å². The van der Waals surface area contributed by atoms with Crippen molar-refractivity contribution in [3.8, 4) is 0 Å². The standard InChI is InChI=1S/C43H39Cl2N3O5S2/c1-2-53-43(52)37-31-21-11-3-4-12-24-36(31)55-42(37)48-41(51)38(27-15-7-5-8-16-27)54-30-20-13-19-29(25-30)46-40(50)35(26-32-33(44)22-14-23-34(32)45)47-39(49)28-17-9-6-10-18-28/h5-10,13-20,22-23,25-26,38H,2-4,11-12,21,24H2,1H3,(H,46,50)(H,47,49)(H,48,51)/b35-26+. The van der Waals surface area contributed by atoms with E-state index in [0.29, 0.717) is 42.3 Å². The predicted octanol–water partition coefficient (Wildman–Crippen LogP) is 10.8. The molecule has 55 heavy (non-hydrogen) atoms. The summed E-state index contributed by atoms with van der Waals surface area (Å²) in [5.41, 5.74) is 3.28. The van der Waals surface area contributed by atoms with E-state index in [1.54, 1.807) is 73.7 Å². The molecule has 0 saturated heterocycles. The highest BCUT2D eigenvalue weighted by molar-refractivity contribution is 8.00. The number of halogens is 2. The van der Waals surface area contributed by atoms with Crippen LogP contribution in [0.5, 0.6) is 0 Å². The van der Waals surface area contributed by atoms with Gasteiger partial charge in [0.15, 0.2) is 0 Å². The molecule has 5 aromatic rings. The number of fused-ring (bicyclic) bond motifs is 1. The number of hydrogen-bond acceptors (Lipinski definition) is 7. The van der Waals surface area contributed by atoms with Crippen molar-refractivity contribution in [2.24, 2.45) is 0 Å². The second-order valence-electron chi connectivity index (χ2n) is 12.7. The largest absolute Gasteiger partial charge is 0.462 e. The van der Waals surface area contributed by atoms with Crippen molar-refractivity contribution in [2.75, 3.05) is 17.2 Å². The van der Waals surface area contributed by atoms with Crippen molar-refractivity contribution >= 4 is 86.8 Å². The van der Waals surface area contributed by atoms with Crippen molar-refractivity contribution in [3.63, 3.8) is 0 Å². The lowest BCUT2D eigenvalue weighted by Crippen LogP contribution is -2.30. The predicted molar refractivity (Wildman–Crippen MR) is 223 cm³/mol. The molecule has 4 aromatic carbocycles. The molecule has 0 radical (unpaired) electrons. The van der Waals surface area contributed by atoms with E-state index in [1.807, 2.05) is 36.4 Å². The zero-order valence-electron chi connectivity index (χ0n) is 30.0. The molecule has 0 fully saturated rings. The van der Waals surface area contributed by atoms with Crippen LogP contribution in [0.15, 0.2) is 114 Å². The first-order chi connectivity index (χ1) is 26.7. The van der Waals surface area contributed by atoms with Crippen LogP contribution in [0.1, 0.15) is 80.1 Å². The molecule has 1 heterocycles. The van der Waals surface area contributed by atoms with Crippen LogP contribution in [0.4, 0.5) is 10.7 Å². The van der Waals surface area contributed by atoms with Gasteiger partial charge >= 0.3 is 5.97 Å². The lowest BCUT2D eigenvalue weighted by Gasteiger charge is -2.18. The average Bonchev–Trinajstić information content (AvgIpc) is 3.50. The lowest BCUT2D eigenvalue weighted by molar-refractivity contribution is -0.116. The van der Waals surface area contributed by atoms with E-state index in [2.05, 4.69) is 16.0 Å². The van der Waals surface area contributed by atoms with Crippen LogP contribution in [0.3, 0.4) is 0 Å². The highest BCUT2D eigenvalue weighted by Crippen LogP contribution is 2.41. The maximum absolute atomic E-state index is 14.3. The van der Waals surface area contributed by atoms with E-state index in [0.717, 1.165) is 54.5 Å². The summed E-state index contributed by atoms with van der Waals surface area (Å²) >= 11 is 15.6. The third kappa shape index (κ3) is 10.3. The fourth-order valence-electron chi connectivity index (χ4n) is 6.22. The first-order valence-corrected chi connectivity index (χ1v) is 20.4. The van der Waals surface area contributed by atoms with E-state index in [1.165, 1.54) is 29.2 Å². The SMILES string of the molecule is CCOC(=O)c1c(NC(=O)C(Sc2cccc(NC(=O)/C(=C\c3c(Cl)cccc3Cl)NC(=O)c3ccccc3)c2)c2ccccc2)sc2c1CCCCCC2. The van der Waals surface area contributed by atoms with Gasteiger partial charge < -0.3 is 20.7 Å². The first-order valence-electron chi connectivity index (χ1n) is 18.0. The van der Waals surface area contributed by atoms with Crippen LogP contribution in [0.25, 0.3) is 6.08 Å². The first kappa shape index (κ1) is 39.8. The molecule has 0 aliphatic heterocycles. The smallest absolute Gasteiger partial charge is 0.341 e. The van der Waals surface area contributed by atoms with Crippen LogP contribution in [0, 0.1) is 0 Å². The second-order valence-corrected chi connectivity index (χ2v) is 15.8. The van der Waals surface area contributed by atoms with Gasteiger partial charge in [-0.25, -0.2) is 4.79 Å². The summed E-state index contributed by atoms with van der Waals surface area (Å²) in [5.74, 6) is -1.82. The molecule has 1 atom stereocenters. The van der Waals surface area contributed by atoms with Gasteiger partial charge in [-0.1, -0.05) is 96.7 Å². The topological polar surface area (TPSA) is 114 Å². The molecule has 12 heteroatoms. The summed E-state index contributed by atoms with van der Waals surface area (Å²) in [5, 5.41) is 9.10. The minimum Gasteiger partial charge on any atom is -0.462 e. The summed E-state index contributed by atoms with van der Waals surface area (Å²) in [6.07, 6.45) is 7.30. The zero-order chi connectivity index (χ0) is 38.7. The van der Waals surface area contributed by atoms with E-state index in [9.17, 15) is 19.2 Å². The summed E-state index contributed by atoms with van der Waals surface area (Å²) < 4.78 is 5.47. The van der Waals surface area contributed by atoms with Gasteiger partial charge in [-0.15, -0.1) is 23.1 Å². The van der Waals surface area contributed by atoms with E-state index in [-0.39, 0.29) is 18.2 Å². The third-order valence-electron chi connectivity index (χ3n) is 8.89. The molecule has 282 valence electrons. The number of nitrogens with one attached hydrogen (secondary N) is 3. The fourth-order valence-corrected chi connectivity index (χ4v) is 9.09. The molecule has 0 bridgehead atoms. The molecule has 3 amide bonds. The number of hydrogen-bond donors (Lipinski definition) is 3. The molecular weight excluding hydrogens is 774 g/mol. The van der Waals surface area contributed by atoms with Crippen LogP contribution in [0.2, 0.25) is 10.0 Å². The van der Waals surface area contributed by atoms with Gasteiger partial charge in [-0.05, 0) is 92.3 Å². The highest BCUT2D eigenvalue weighted by atomic mass is 35.5. The summed E-state index contributed by atoms with van der Waals surface area (Å²) in [6, 6.07) is 30.0. The molecule has 8 nitrogen and oxygen atoms in total. The number of rotatable bonds is 12. The lowest BCUT2D eigenvalue weighted by atomic mass is 9.96. The quantitative estimate of drug-likeness (QED) is 0.0657. The molecule has 1 aliphatic carbocycles. The number of thioether (sulfide) groups is 1. The molecule has 0 spiro atoms. The van der Waals surface area contributed by atoms with Crippen molar-refractivity contribution in [3.05, 3.63) is 152 Å². The average molecular weight is 813 g/mol. The molecule has 3 N–H and O–H groups in total. The molecule has 6 rings (SSSR count). The number of amides is 3. The molecule has 1 aliphatic rings. The number of carbonyl (C=O) groups is 4. The van der Waals surface area contributed by atoms with Gasteiger partial charge in [-0.3, -0.25) is 14.4 Å². The van der Waals surface area contributed by atoms with Crippen LogP contribution in [-0.4, -0.2) is 30.3 Å². The highest BCUT2D eigenvalue weighted by Gasteiger charge is 2.29. The van der Waals surface area contributed by atoms with Crippen LogP contribution < -0.4 is 16.0 Å². The summed E-state index contributed by atoms with van der Waals surface area (Å²) in [7, 11) is 0. The summed E-state index contributed by atoms with van der Waals surface area (Å²) in [6.45, 7) is 2.01. The van der Waals surface area contributed by atoms with Gasteiger partial charge in [0.1, 0.15) is 15.9 Å². The Labute approximate surface area is 338 Å². The number of benzene rings is 4. The fraction of sp³-hybridized carbons (Fsp3) is 0.209. The van der Waals surface area contributed by atoms with Gasteiger partial charge in [0.25, 0.3) is 11.8 Å². The van der Waals surface area contributed by atoms with Crippen molar-refractivity contribution in [1.29, 1.82) is 0 Å². The van der Waals surface area contributed by atoms with E-state index >= 15 is 0 Å². The van der Waals surface area contributed by atoms with Gasteiger partial charge in [0, 0.05) is 36.6 Å². The molecular formula is C43H39Cl2N3O5S2. The maximum Gasteiger partial charge on any atom is 0.341 e. The molecule has 1 aromatic heterocycles. The minimum atomic E-state index is -0.713. The zero-order valence-corrected chi connectivity index (χ0v) is 33.2. The third-order valence-corrected chi connectivity index (χ3v) is 12.0. The number of aryl methyl sites for hydroxylation is 1. The monoisotopic (exact) mass is 811 g/mol. The van der Waals surface area contributed by atoms with Gasteiger partial charge in [0.05, 0.1) is 12.2 Å². The second kappa shape index (κ2) is 19.1. The number of ether oxygens (including phenoxy) is 1. The number of esters is 1. The Morgan fingerprint density at radius 2 is 1.49 bits per heavy atom. The Morgan fingerprint density at radius 3 is 2.20 bits per heavy atom. The Morgan fingerprint density at radius 1 is 0.818 bits per heavy atom. The molecule has 1 unspecified atom stereocenters. The van der Waals surface area contributed by atoms with Crippen LogP contribution >= 0.6 is 46.3 Å². The Hall–Kier alpha value is -4.87. The maximum atomic E-state index is 14.3. The van der Waals surface area contributed by atoms with Crippen molar-refractivity contribution < 1.29 is 23.9 Å². The summed E-state index contributed by atoms with van der Waals surface area (Å²) in [4.78, 5) is 56.4. The normalized spacial score (nSPS) is 13.4. The molecule has 0 saturated carbocycles. The number of carbonyl (C=O) groups excluding carboxylic acids is 4. The van der Waals surface area contributed by atoms with Gasteiger partial charge in [0.2, 0.25) is 5.91 Å². The van der Waals surface area contributed by atoms with Crippen molar-refractivity contribution in [1.82, 2.24) is 5.32 Å². The number of anilines is 2. The van der Waals surface area contributed by atoms with Crippen molar-refractivity contribution in [2.45, 2.75) is 55.6 Å². The van der Waals surface area contributed by atoms with Gasteiger partial charge in [-0.2, -0.15) is 0 Å². The Kier molecular flexibility index (Phi) is 13.8. The minimum absolute atomic E-state index is 0.0779. The Balaban J connectivity index is 1.27. The number of thiophene rings is 1.